The third-order valence-corrected chi connectivity index (χ3v) is 1.87. The number of unbranched alkanes of at least 4 members (excludes halogenated alkanes) is 1. The van der Waals surface area contributed by atoms with E-state index in [1.165, 1.54) is 6.92 Å². The Hall–Kier alpha value is -1.05. The highest BCUT2D eigenvalue weighted by atomic mass is 16.6. The number of hydrogen-bond acceptors (Lipinski definition) is 6. The van der Waals surface area contributed by atoms with Crippen LogP contribution in [0.15, 0.2) is 0 Å². The Bertz CT molecular complexity index is 207. The van der Waals surface area contributed by atoms with Gasteiger partial charge in [0.2, 0.25) is 0 Å². The molecule has 0 aliphatic rings. The molecule has 82 valence electrons. The van der Waals surface area contributed by atoms with Gasteiger partial charge in [0.25, 0.3) is 0 Å². The summed E-state index contributed by atoms with van der Waals surface area (Å²) in [4.78, 5) is 19.9. The average Bonchev–Trinajstić information content (AvgIpc) is 2.10. The van der Waals surface area contributed by atoms with E-state index in [1.807, 2.05) is 0 Å². The van der Waals surface area contributed by atoms with E-state index in [2.05, 4.69) is 0 Å². The quantitative estimate of drug-likeness (QED) is 0.287. The van der Waals surface area contributed by atoms with Crippen molar-refractivity contribution in [1.29, 1.82) is 0 Å². The minimum atomic E-state index is -0.975. The smallest absolute Gasteiger partial charge is 0.447 e. The summed E-state index contributed by atoms with van der Waals surface area (Å²) in [5, 5.41) is 20.6. The van der Waals surface area contributed by atoms with Crippen LogP contribution in [0.2, 0.25) is 0 Å². The zero-order chi connectivity index (χ0) is 11.1. The Kier molecular flexibility index (Phi) is 5.93. The van der Waals surface area contributed by atoms with Crippen molar-refractivity contribution in [1.82, 2.24) is 5.17 Å². The number of carbonyl (C=O) groups is 1. The van der Waals surface area contributed by atoms with Gasteiger partial charge in [0.05, 0.1) is 5.92 Å². The number of hydroxylamine groups is 1. The van der Waals surface area contributed by atoms with E-state index in [1.54, 1.807) is 0 Å². The van der Waals surface area contributed by atoms with Crippen LogP contribution in [0.25, 0.3) is 0 Å². The molecule has 0 aliphatic carbocycles. The van der Waals surface area contributed by atoms with Crippen LogP contribution in [-0.4, -0.2) is 22.5 Å². The molecule has 0 bridgehead atoms. The normalized spacial score (nSPS) is 12.9. The molecule has 2 N–H and O–H groups in total. The standard InChI is InChI=1S/C7H14N3O4/c1-6(7(11)10(13)14)4-2-3-5-9(8)12/h6H,2-5,8H2,1H3/q-1. The predicted octanol–water partition coefficient (Wildman–Crippen LogP) is 0.270. The number of amides is 1. The van der Waals surface area contributed by atoms with Gasteiger partial charge in [0.1, 0.15) is 4.92 Å². The van der Waals surface area contributed by atoms with E-state index in [-0.39, 0.29) is 6.54 Å². The summed E-state index contributed by atoms with van der Waals surface area (Å²) in [6.45, 7) is 1.68. The third kappa shape index (κ3) is 5.57. The van der Waals surface area contributed by atoms with Crippen molar-refractivity contribution in [2.75, 3.05) is 6.54 Å². The molecule has 14 heavy (non-hydrogen) atoms. The number of nitrogens with two attached hydrogens (primary N) is 1. The van der Waals surface area contributed by atoms with Crippen LogP contribution in [0, 0.1) is 21.2 Å². The second-order valence-corrected chi connectivity index (χ2v) is 3.13. The van der Waals surface area contributed by atoms with E-state index in [0.29, 0.717) is 24.4 Å². The van der Waals surface area contributed by atoms with E-state index < -0.39 is 16.7 Å². The van der Waals surface area contributed by atoms with Gasteiger partial charge < -0.3 is 10.4 Å². The van der Waals surface area contributed by atoms with Gasteiger partial charge in [-0.15, -0.1) is 0 Å². The molecule has 0 fully saturated rings. The number of hydrogen-bond donors (Lipinski definition) is 1. The van der Waals surface area contributed by atoms with Gasteiger partial charge in [-0.1, -0.05) is 6.42 Å². The number of nitro groups is 1. The predicted molar refractivity (Wildman–Crippen MR) is 49.3 cm³/mol. The minimum Gasteiger partial charge on any atom is -0.772 e. The molecular formula is C7H14N3O4-. The highest BCUT2D eigenvalue weighted by Gasteiger charge is 2.23. The molecule has 0 heterocycles. The van der Waals surface area contributed by atoms with Gasteiger partial charge in [-0.2, -0.15) is 0 Å². The Morgan fingerprint density at radius 3 is 2.57 bits per heavy atom. The van der Waals surface area contributed by atoms with Crippen LogP contribution < -0.4 is 5.84 Å². The molecule has 0 aromatic heterocycles. The summed E-state index contributed by atoms with van der Waals surface area (Å²) < 4.78 is 0. The lowest BCUT2D eigenvalue weighted by Gasteiger charge is -2.20. The number of hydrazine groups is 1. The van der Waals surface area contributed by atoms with Gasteiger partial charge in [0.15, 0.2) is 0 Å². The summed E-state index contributed by atoms with van der Waals surface area (Å²) in [5.74, 6) is 3.25. The Morgan fingerprint density at radius 1 is 1.57 bits per heavy atom. The Balaban J connectivity index is 3.59. The average molecular weight is 204 g/mol. The monoisotopic (exact) mass is 204 g/mol. The van der Waals surface area contributed by atoms with Crippen molar-refractivity contribution in [2.24, 2.45) is 11.8 Å². The molecule has 0 aromatic rings. The van der Waals surface area contributed by atoms with Crippen molar-refractivity contribution in [3.05, 3.63) is 15.3 Å². The second kappa shape index (κ2) is 6.41. The fraction of sp³-hybridized carbons (Fsp3) is 0.857. The first-order valence-electron chi connectivity index (χ1n) is 4.32. The highest BCUT2D eigenvalue weighted by molar-refractivity contribution is 5.69. The molecule has 0 saturated carbocycles. The molecule has 0 aromatic carbocycles. The van der Waals surface area contributed by atoms with E-state index in [4.69, 9.17) is 5.84 Å². The van der Waals surface area contributed by atoms with Crippen LogP contribution >= 0.6 is 0 Å². The molecule has 1 atom stereocenters. The summed E-state index contributed by atoms with van der Waals surface area (Å²) in [6.07, 6.45) is 1.53. The van der Waals surface area contributed by atoms with Crippen molar-refractivity contribution < 1.29 is 9.72 Å². The molecule has 1 amide bonds. The first-order chi connectivity index (χ1) is 6.45. The lowest BCUT2D eigenvalue weighted by molar-refractivity contribution is -0.406. The van der Waals surface area contributed by atoms with Crippen LogP contribution in [0.1, 0.15) is 26.2 Å². The van der Waals surface area contributed by atoms with E-state index in [9.17, 15) is 20.1 Å². The fourth-order valence-electron chi connectivity index (χ4n) is 1.02. The molecular weight excluding hydrogens is 190 g/mol. The van der Waals surface area contributed by atoms with Crippen LogP contribution in [0.5, 0.6) is 0 Å². The van der Waals surface area contributed by atoms with Crippen molar-refractivity contribution >= 4 is 5.91 Å². The summed E-state index contributed by atoms with van der Waals surface area (Å²) >= 11 is 0. The molecule has 0 saturated heterocycles. The molecule has 0 rings (SSSR count). The SMILES string of the molecule is CC(CCCCN(N)[O-])C(=O)[N+](=O)[O-]. The van der Waals surface area contributed by atoms with Crippen molar-refractivity contribution in [3.8, 4) is 0 Å². The van der Waals surface area contributed by atoms with Crippen LogP contribution in [0.3, 0.4) is 0 Å². The van der Waals surface area contributed by atoms with Crippen LogP contribution in [0.4, 0.5) is 0 Å². The van der Waals surface area contributed by atoms with E-state index in [0.717, 1.165) is 0 Å². The zero-order valence-electron chi connectivity index (χ0n) is 8.01. The van der Waals surface area contributed by atoms with Gasteiger partial charge in [0, 0.05) is 0 Å². The maximum atomic E-state index is 10.8. The number of nitrogens with zero attached hydrogens (tertiary/aromatic N) is 2. The fourth-order valence-corrected chi connectivity index (χ4v) is 1.02. The summed E-state index contributed by atoms with van der Waals surface area (Å²) in [5.41, 5.74) is 0. The first kappa shape index (κ1) is 12.9. The molecule has 0 radical (unpaired) electrons. The van der Waals surface area contributed by atoms with Crippen LogP contribution in [-0.2, 0) is 4.79 Å². The topological polar surface area (TPSA) is 113 Å². The lowest BCUT2D eigenvalue weighted by atomic mass is 10.0. The van der Waals surface area contributed by atoms with Crippen molar-refractivity contribution in [2.45, 2.75) is 26.2 Å². The largest absolute Gasteiger partial charge is 0.772 e. The molecule has 1 unspecified atom stereocenters. The molecule has 0 spiro atoms. The van der Waals surface area contributed by atoms with Crippen molar-refractivity contribution in [3.63, 3.8) is 0 Å². The molecule has 7 heteroatoms. The minimum absolute atomic E-state index is 0.180. The number of carbonyl (C=O) groups excluding carboxylic acids is 1. The Morgan fingerprint density at radius 2 is 2.14 bits per heavy atom. The lowest BCUT2D eigenvalue weighted by Crippen LogP contribution is -2.25. The summed E-state index contributed by atoms with van der Waals surface area (Å²) in [7, 11) is 0. The van der Waals surface area contributed by atoms with Gasteiger partial charge in [-0.25, -0.2) is 4.79 Å². The third-order valence-electron chi connectivity index (χ3n) is 1.87. The maximum Gasteiger partial charge on any atom is 0.447 e. The Labute approximate surface area is 81.6 Å². The second-order valence-electron chi connectivity index (χ2n) is 3.13. The number of rotatable bonds is 6. The molecule has 0 aliphatic heterocycles. The zero-order valence-corrected chi connectivity index (χ0v) is 8.01. The van der Waals surface area contributed by atoms with Gasteiger partial charge in [-0.05, 0) is 26.3 Å². The van der Waals surface area contributed by atoms with Gasteiger partial charge in [-0.3, -0.25) is 16.0 Å². The van der Waals surface area contributed by atoms with Gasteiger partial charge >= 0.3 is 5.91 Å². The maximum absolute atomic E-state index is 10.8. The first-order valence-corrected chi connectivity index (χ1v) is 4.32. The molecule has 7 nitrogen and oxygen atoms in total. The highest BCUT2D eigenvalue weighted by Crippen LogP contribution is 2.09. The summed E-state index contributed by atoms with van der Waals surface area (Å²) in [6, 6.07) is 0. The van der Waals surface area contributed by atoms with E-state index >= 15 is 0 Å².